The highest BCUT2D eigenvalue weighted by molar-refractivity contribution is 6.33. The van der Waals surface area contributed by atoms with Crippen LogP contribution in [0.5, 0.6) is 0 Å². The van der Waals surface area contributed by atoms with Gasteiger partial charge in [-0.2, -0.15) is 0 Å². The lowest BCUT2D eigenvalue weighted by molar-refractivity contribution is -0.109. The molecule has 0 radical (unpaired) electrons. The maximum Gasteiger partial charge on any atom is 0.176 e. The van der Waals surface area contributed by atoms with Gasteiger partial charge in [0.25, 0.3) is 0 Å². The third-order valence-corrected chi connectivity index (χ3v) is 2.35. The number of nitrogens with one attached hydrogen (secondary N) is 1. The standard InChI is InChI=1S/C10H15ClN2O2/c1-7(10(14-2)15-3)13-9-6-12-5-4-8(9)11/h4-7,10,13H,1-3H3. The topological polar surface area (TPSA) is 43.4 Å². The molecular weight excluding hydrogens is 216 g/mol. The first kappa shape index (κ1) is 12.2. The maximum atomic E-state index is 5.98. The van der Waals surface area contributed by atoms with E-state index in [2.05, 4.69) is 10.3 Å². The lowest BCUT2D eigenvalue weighted by Gasteiger charge is -2.23. The Kier molecular flexibility index (Phi) is 4.81. The van der Waals surface area contributed by atoms with Gasteiger partial charge in [0.05, 0.1) is 22.9 Å². The Labute approximate surface area is 94.6 Å². The van der Waals surface area contributed by atoms with Crippen molar-refractivity contribution in [1.82, 2.24) is 4.98 Å². The van der Waals surface area contributed by atoms with Gasteiger partial charge in [0, 0.05) is 20.4 Å². The van der Waals surface area contributed by atoms with Crippen molar-refractivity contribution in [3.8, 4) is 0 Å². The van der Waals surface area contributed by atoms with Crippen LogP contribution >= 0.6 is 11.6 Å². The number of ether oxygens (including phenoxy) is 2. The van der Waals surface area contributed by atoms with Gasteiger partial charge >= 0.3 is 0 Å². The maximum absolute atomic E-state index is 5.98. The summed E-state index contributed by atoms with van der Waals surface area (Å²) in [7, 11) is 3.19. The zero-order valence-electron chi connectivity index (χ0n) is 9.03. The van der Waals surface area contributed by atoms with E-state index in [0.29, 0.717) is 5.02 Å². The highest BCUT2D eigenvalue weighted by atomic mass is 35.5. The van der Waals surface area contributed by atoms with Crippen molar-refractivity contribution in [3.05, 3.63) is 23.5 Å². The van der Waals surface area contributed by atoms with E-state index < -0.39 is 0 Å². The van der Waals surface area contributed by atoms with Crippen molar-refractivity contribution in [2.45, 2.75) is 19.3 Å². The van der Waals surface area contributed by atoms with Crippen LogP contribution in [0.2, 0.25) is 5.02 Å². The SMILES string of the molecule is COC(OC)C(C)Nc1cnccc1Cl. The number of aromatic nitrogens is 1. The number of rotatable bonds is 5. The minimum atomic E-state index is -0.318. The van der Waals surface area contributed by atoms with Crippen LogP contribution in [-0.2, 0) is 9.47 Å². The Morgan fingerprint density at radius 2 is 2.07 bits per heavy atom. The molecule has 1 heterocycles. The molecule has 1 aromatic rings. The van der Waals surface area contributed by atoms with Crippen molar-refractivity contribution in [2.24, 2.45) is 0 Å². The smallest absolute Gasteiger partial charge is 0.176 e. The van der Waals surface area contributed by atoms with Crippen molar-refractivity contribution in [2.75, 3.05) is 19.5 Å². The fourth-order valence-corrected chi connectivity index (χ4v) is 1.46. The quantitative estimate of drug-likeness (QED) is 0.788. The zero-order chi connectivity index (χ0) is 11.3. The second-order valence-corrected chi connectivity index (χ2v) is 3.54. The minimum absolute atomic E-state index is 0.0123. The van der Waals surface area contributed by atoms with Gasteiger partial charge in [0.15, 0.2) is 6.29 Å². The summed E-state index contributed by atoms with van der Waals surface area (Å²) in [5.41, 5.74) is 0.769. The highest BCUT2D eigenvalue weighted by Crippen LogP contribution is 2.20. The fraction of sp³-hybridized carbons (Fsp3) is 0.500. The first-order valence-corrected chi connectivity index (χ1v) is 4.98. The lowest BCUT2D eigenvalue weighted by atomic mass is 10.3. The Hall–Kier alpha value is -0.840. The Morgan fingerprint density at radius 3 is 2.60 bits per heavy atom. The first-order valence-electron chi connectivity index (χ1n) is 4.60. The number of hydrogen-bond acceptors (Lipinski definition) is 4. The molecule has 1 N–H and O–H groups in total. The number of hydrogen-bond donors (Lipinski definition) is 1. The van der Waals surface area contributed by atoms with Crippen LogP contribution in [0.25, 0.3) is 0 Å². The molecule has 0 saturated carbocycles. The van der Waals surface area contributed by atoms with E-state index in [1.54, 1.807) is 32.7 Å². The molecular formula is C10H15ClN2O2. The van der Waals surface area contributed by atoms with Gasteiger partial charge in [0.2, 0.25) is 0 Å². The van der Waals surface area contributed by atoms with E-state index in [1.807, 2.05) is 6.92 Å². The summed E-state index contributed by atoms with van der Waals surface area (Å²) in [6.07, 6.45) is 2.99. The Bertz CT molecular complexity index is 305. The third-order valence-electron chi connectivity index (χ3n) is 2.02. The van der Waals surface area contributed by atoms with Gasteiger partial charge in [0.1, 0.15) is 0 Å². The van der Waals surface area contributed by atoms with Crippen LogP contribution in [0.3, 0.4) is 0 Å². The number of methoxy groups -OCH3 is 2. The van der Waals surface area contributed by atoms with E-state index in [1.165, 1.54) is 0 Å². The van der Waals surface area contributed by atoms with E-state index in [9.17, 15) is 0 Å². The molecule has 1 aromatic heterocycles. The molecule has 5 heteroatoms. The fourth-order valence-electron chi connectivity index (χ4n) is 1.30. The highest BCUT2D eigenvalue weighted by Gasteiger charge is 2.16. The lowest BCUT2D eigenvalue weighted by Crippen LogP contribution is -2.33. The van der Waals surface area contributed by atoms with Crippen molar-refractivity contribution in [1.29, 1.82) is 0 Å². The van der Waals surface area contributed by atoms with Gasteiger partial charge in [-0.15, -0.1) is 0 Å². The number of nitrogens with zero attached hydrogens (tertiary/aromatic N) is 1. The van der Waals surface area contributed by atoms with Crippen molar-refractivity contribution in [3.63, 3.8) is 0 Å². The van der Waals surface area contributed by atoms with E-state index in [0.717, 1.165) is 5.69 Å². The monoisotopic (exact) mass is 230 g/mol. The Balaban J connectivity index is 2.65. The van der Waals surface area contributed by atoms with Gasteiger partial charge in [-0.1, -0.05) is 11.6 Å². The van der Waals surface area contributed by atoms with Gasteiger partial charge in [-0.05, 0) is 13.0 Å². The average molecular weight is 231 g/mol. The molecule has 0 aliphatic heterocycles. The van der Waals surface area contributed by atoms with Crippen LogP contribution in [0.1, 0.15) is 6.92 Å². The van der Waals surface area contributed by atoms with E-state index >= 15 is 0 Å². The van der Waals surface area contributed by atoms with Crippen LogP contribution in [0, 0.1) is 0 Å². The number of halogens is 1. The largest absolute Gasteiger partial charge is 0.375 e. The molecule has 1 unspecified atom stereocenters. The second-order valence-electron chi connectivity index (χ2n) is 3.13. The first-order chi connectivity index (χ1) is 7.19. The van der Waals surface area contributed by atoms with Crippen LogP contribution in [0.4, 0.5) is 5.69 Å². The molecule has 0 saturated heterocycles. The Morgan fingerprint density at radius 1 is 1.40 bits per heavy atom. The summed E-state index contributed by atoms with van der Waals surface area (Å²) in [6, 6.07) is 1.72. The van der Waals surface area contributed by atoms with Crippen molar-refractivity contribution >= 4 is 17.3 Å². The third kappa shape index (κ3) is 3.34. The summed E-state index contributed by atoms with van der Waals surface area (Å²) in [4.78, 5) is 3.98. The molecule has 1 rings (SSSR count). The molecule has 0 aliphatic carbocycles. The van der Waals surface area contributed by atoms with Crippen LogP contribution in [0.15, 0.2) is 18.5 Å². The predicted octanol–water partition coefficient (Wildman–Crippen LogP) is 2.15. The molecule has 1 atom stereocenters. The van der Waals surface area contributed by atoms with Crippen LogP contribution < -0.4 is 5.32 Å². The summed E-state index contributed by atoms with van der Waals surface area (Å²) in [5.74, 6) is 0. The normalized spacial score (nSPS) is 12.9. The molecule has 0 aliphatic rings. The summed E-state index contributed by atoms with van der Waals surface area (Å²) < 4.78 is 10.3. The average Bonchev–Trinajstić information content (AvgIpc) is 2.23. The molecule has 0 bridgehead atoms. The summed E-state index contributed by atoms with van der Waals surface area (Å²) in [6.45, 7) is 1.95. The molecule has 0 fully saturated rings. The molecule has 0 aromatic carbocycles. The molecule has 0 spiro atoms. The molecule has 0 amide bonds. The van der Waals surface area contributed by atoms with Gasteiger partial charge in [-0.25, -0.2) is 0 Å². The molecule has 84 valence electrons. The van der Waals surface area contributed by atoms with Crippen LogP contribution in [-0.4, -0.2) is 31.5 Å². The second kappa shape index (κ2) is 5.90. The number of anilines is 1. The summed E-state index contributed by atoms with van der Waals surface area (Å²) >= 11 is 5.98. The number of pyridine rings is 1. The van der Waals surface area contributed by atoms with E-state index in [4.69, 9.17) is 21.1 Å². The zero-order valence-corrected chi connectivity index (χ0v) is 9.78. The van der Waals surface area contributed by atoms with Crippen molar-refractivity contribution < 1.29 is 9.47 Å². The molecule has 4 nitrogen and oxygen atoms in total. The summed E-state index contributed by atoms with van der Waals surface area (Å²) in [5, 5.41) is 3.80. The predicted molar refractivity (Wildman–Crippen MR) is 60.1 cm³/mol. The minimum Gasteiger partial charge on any atom is -0.375 e. The molecule has 15 heavy (non-hydrogen) atoms. The van der Waals surface area contributed by atoms with Gasteiger partial charge < -0.3 is 14.8 Å². The van der Waals surface area contributed by atoms with E-state index in [-0.39, 0.29) is 12.3 Å². The van der Waals surface area contributed by atoms with Gasteiger partial charge in [-0.3, -0.25) is 4.98 Å².